The molecular weight excluding hydrogens is 238 g/mol. The van der Waals surface area contributed by atoms with Crippen molar-refractivity contribution >= 4 is 17.7 Å². The Bertz CT molecular complexity index is 423. The summed E-state index contributed by atoms with van der Waals surface area (Å²) >= 11 is 1.24. The zero-order chi connectivity index (χ0) is 12.7. The lowest BCUT2D eigenvalue weighted by atomic mass is 10.3. The van der Waals surface area contributed by atoms with Crippen LogP contribution in [-0.2, 0) is 17.8 Å². The summed E-state index contributed by atoms with van der Waals surface area (Å²) in [5.41, 5.74) is 0.957. The molecule has 0 radical (unpaired) electrons. The molecule has 0 aliphatic carbocycles. The number of rotatable bonds is 7. The molecule has 0 fully saturated rings. The first-order valence-electron chi connectivity index (χ1n) is 5.45. The maximum Gasteiger partial charge on any atom is 0.313 e. The lowest BCUT2D eigenvalue weighted by Gasteiger charge is -2.02. The summed E-state index contributed by atoms with van der Waals surface area (Å²) < 4.78 is 1.72. The van der Waals surface area contributed by atoms with Crippen molar-refractivity contribution in [3.05, 3.63) is 11.8 Å². The minimum Gasteiger partial charge on any atom is -0.481 e. The standard InChI is InChI=1S/C11H15N3O2S/c1-2-4-9-7-10(17-8-11(15)16)14(13-9)6-3-5-12/h7H,2-4,6,8H2,1H3,(H,15,16). The van der Waals surface area contributed by atoms with Crippen molar-refractivity contribution in [3.8, 4) is 6.07 Å². The maximum atomic E-state index is 10.5. The van der Waals surface area contributed by atoms with Gasteiger partial charge in [0.15, 0.2) is 0 Å². The van der Waals surface area contributed by atoms with Gasteiger partial charge in [0.05, 0.1) is 35.5 Å². The van der Waals surface area contributed by atoms with Gasteiger partial charge in [0.1, 0.15) is 0 Å². The number of carboxylic acid groups (broad SMARTS) is 1. The lowest BCUT2D eigenvalue weighted by molar-refractivity contribution is -0.133. The first-order chi connectivity index (χ1) is 8.17. The maximum absolute atomic E-state index is 10.5. The van der Waals surface area contributed by atoms with Crippen molar-refractivity contribution in [3.63, 3.8) is 0 Å². The van der Waals surface area contributed by atoms with E-state index in [-0.39, 0.29) is 5.75 Å². The van der Waals surface area contributed by atoms with E-state index in [1.54, 1.807) is 4.68 Å². The van der Waals surface area contributed by atoms with E-state index in [2.05, 4.69) is 18.1 Å². The van der Waals surface area contributed by atoms with Crippen molar-refractivity contribution in [1.82, 2.24) is 9.78 Å². The molecule has 0 saturated carbocycles. The summed E-state index contributed by atoms with van der Waals surface area (Å²) in [7, 11) is 0. The second-order valence-electron chi connectivity index (χ2n) is 3.54. The van der Waals surface area contributed by atoms with Gasteiger partial charge >= 0.3 is 5.97 Å². The van der Waals surface area contributed by atoms with Gasteiger partial charge in [-0.05, 0) is 12.5 Å². The molecule has 0 saturated heterocycles. The normalized spacial score (nSPS) is 10.1. The van der Waals surface area contributed by atoms with Crippen LogP contribution in [0.25, 0.3) is 0 Å². The van der Waals surface area contributed by atoms with Crippen molar-refractivity contribution in [2.24, 2.45) is 0 Å². The molecule has 0 atom stereocenters. The number of hydrogen-bond donors (Lipinski definition) is 1. The lowest BCUT2D eigenvalue weighted by Crippen LogP contribution is -2.04. The van der Waals surface area contributed by atoms with E-state index in [9.17, 15) is 4.79 Å². The van der Waals surface area contributed by atoms with Crippen LogP contribution < -0.4 is 0 Å². The molecule has 0 spiro atoms. The van der Waals surface area contributed by atoms with E-state index in [1.807, 2.05) is 6.07 Å². The Morgan fingerprint density at radius 3 is 3.06 bits per heavy atom. The van der Waals surface area contributed by atoms with Crippen LogP contribution in [0.1, 0.15) is 25.5 Å². The first kappa shape index (κ1) is 13.6. The average Bonchev–Trinajstić information content (AvgIpc) is 2.66. The molecule has 92 valence electrons. The summed E-state index contributed by atoms with van der Waals surface area (Å²) in [5, 5.41) is 22.4. The van der Waals surface area contributed by atoms with Gasteiger partial charge in [-0.15, -0.1) is 0 Å². The fraction of sp³-hybridized carbons (Fsp3) is 0.545. The van der Waals surface area contributed by atoms with Crippen LogP contribution in [0.3, 0.4) is 0 Å². The molecule has 0 bridgehead atoms. The molecule has 6 heteroatoms. The molecule has 0 aliphatic rings. The first-order valence-corrected chi connectivity index (χ1v) is 6.44. The molecule has 0 aromatic carbocycles. The third-order valence-electron chi connectivity index (χ3n) is 2.08. The molecule has 0 unspecified atom stereocenters. The minimum absolute atomic E-state index is 0.0177. The molecule has 0 aliphatic heterocycles. The number of thioether (sulfide) groups is 1. The summed E-state index contributed by atoms with van der Waals surface area (Å²) in [6.07, 6.45) is 2.26. The predicted octanol–water partition coefficient (Wildman–Crippen LogP) is 1.93. The number of nitrogens with zero attached hydrogens (tertiary/aromatic N) is 3. The van der Waals surface area contributed by atoms with Crippen LogP contribution in [0.15, 0.2) is 11.1 Å². The number of carbonyl (C=O) groups is 1. The molecule has 0 amide bonds. The second-order valence-corrected chi connectivity index (χ2v) is 4.53. The monoisotopic (exact) mass is 253 g/mol. The zero-order valence-electron chi connectivity index (χ0n) is 9.72. The van der Waals surface area contributed by atoms with Crippen LogP contribution in [0, 0.1) is 11.3 Å². The Balaban J connectivity index is 2.75. The number of nitriles is 1. The average molecular weight is 253 g/mol. The molecule has 1 heterocycles. The quantitative estimate of drug-likeness (QED) is 0.751. The van der Waals surface area contributed by atoms with Crippen LogP contribution >= 0.6 is 11.8 Å². The number of aromatic nitrogens is 2. The van der Waals surface area contributed by atoms with E-state index in [0.29, 0.717) is 13.0 Å². The summed E-state index contributed by atoms with van der Waals surface area (Å²) in [6.45, 7) is 2.58. The topological polar surface area (TPSA) is 78.9 Å². The summed E-state index contributed by atoms with van der Waals surface area (Å²) in [4.78, 5) is 10.5. The highest BCUT2D eigenvalue weighted by molar-refractivity contribution is 7.99. The number of aliphatic carboxylic acids is 1. The van der Waals surface area contributed by atoms with Gasteiger partial charge in [-0.25, -0.2) is 0 Å². The Hall–Kier alpha value is -1.48. The minimum atomic E-state index is -0.847. The fourth-order valence-electron chi connectivity index (χ4n) is 1.40. The number of carboxylic acids is 1. The third-order valence-corrected chi connectivity index (χ3v) is 3.09. The molecule has 1 N–H and O–H groups in total. The number of aryl methyl sites for hydroxylation is 2. The van der Waals surface area contributed by atoms with E-state index in [4.69, 9.17) is 10.4 Å². The largest absolute Gasteiger partial charge is 0.481 e. The predicted molar refractivity (Wildman–Crippen MR) is 64.8 cm³/mol. The van der Waals surface area contributed by atoms with Crippen molar-refractivity contribution < 1.29 is 9.90 Å². The number of hydrogen-bond acceptors (Lipinski definition) is 4. The van der Waals surface area contributed by atoms with E-state index in [1.165, 1.54) is 11.8 Å². The Morgan fingerprint density at radius 1 is 1.71 bits per heavy atom. The van der Waals surface area contributed by atoms with Crippen LogP contribution in [0.5, 0.6) is 0 Å². The molecule has 17 heavy (non-hydrogen) atoms. The van der Waals surface area contributed by atoms with Gasteiger partial charge < -0.3 is 5.11 Å². The van der Waals surface area contributed by atoms with Gasteiger partial charge in [-0.1, -0.05) is 25.1 Å². The van der Waals surface area contributed by atoms with Crippen molar-refractivity contribution in [1.29, 1.82) is 5.26 Å². The second kappa shape index (κ2) is 6.97. The van der Waals surface area contributed by atoms with Crippen LogP contribution in [0.2, 0.25) is 0 Å². The molecule has 5 nitrogen and oxygen atoms in total. The van der Waals surface area contributed by atoms with Crippen LogP contribution in [0.4, 0.5) is 0 Å². The van der Waals surface area contributed by atoms with Crippen LogP contribution in [-0.4, -0.2) is 26.6 Å². The van der Waals surface area contributed by atoms with Gasteiger partial charge in [-0.3, -0.25) is 9.48 Å². The Kier molecular flexibility index (Phi) is 5.57. The molecule has 1 aromatic heterocycles. The molecule has 1 rings (SSSR count). The van der Waals surface area contributed by atoms with E-state index < -0.39 is 5.97 Å². The highest BCUT2D eigenvalue weighted by Crippen LogP contribution is 2.20. The highest BCUT2D eigenvalue weighted by atomic mass is 32.2. The SMILES string of the molecule is CCCc1cc(SCC(=O)O)n(CCC#N)n1. The van der Waals surface area contributed by atoms with Gasteiger partial charge in [0.2, 0.25) is 0 Å². The van der Waals surface area contributed by atoms with Crippen molar-refractivity contribution in [2.75, 3.05) is 5.75 Å². The van der Waals surface area contributed by atoms with Crippen molar-refractivity contribution in [2.45, 2.75) is 37.8 Å². The molecule has 1 aromatic rings. The smallest absolute Gasteiger partial charge is 0.313 e. The summed E-state index contributed by atoms with van der Waals surface area (Å²) in [6, 6.07) is 3.97. The fourth-order valence-corrected chi connectivity index (χ4v) is 2.17. The Labute approximate surface area is 104 Å². The third kappa shape index (κ3) is 4.49. The zero-order valence-corrected chi connectivity index (χ0v) is 10.5. The van der Waals surface area contributed by atoms with E-state index in [0.717, 1.165) is 23.6 Å². The van der Waals surface area contributed by atoms with Gasteiger partial charge in [0, 0.05) is 0 Å². The van der Waals surface area contributed by atoms with Gasteiger partial charge in [0.25, 0.3) is 0 Å². The van der Waals surface area contributed by atoms with Gasteiger partial charge in [-0.2, -0.15) is 10.4 Å². The van der Waals surface area contributed by atoms with E-state index >= 15 is 0 Å². The molecular formula is C11H15N3O2S. The highest BCUT2D eigenvalue weighted by Gasteiger charge is 2.09. The Morgan fingerprint density at radius 2 is 2.47 bits per heavy atom. The summed E-state index contributed by atoms with van der Waals surface area (Å²) in [5.74, 6) is -0.829.